The van der Waals surface area contributed by atoms with E-state index in [-0.39, 0.29) is 17.0 Å². The Kier molecular flexibility index (Phi) is 3.47. The lowest BCUT2D eigenvalue weighted by Crippen LogP contribution is -2.13. The number of benzene rings is 2. The number of hydrogen-bond donors (Lipinski definition) is 1. The van der Waals surface area contributed by atoms with Crippen LogP contribution in [-0.2, 0) is 12.4 Å². The first kappa shape index (κ1) is 16.2. The van der Waals surface area contributed by atoms with Crippen LogP contribution in [0.1, 0.15) is 11.4 Å². The fourth-order valence-corrected chi connectivity index (χ4v) is 2.41. The Bertz CT molecular complexity index is 910. The van der Waals surface area contributed by atoms with Crippen LogP contribution in [-0.4, -0.2) is 14.7 Å². The maximum Gasteiger partial charge on any atom is 0.450 e. The van der Waals surface area contributed by atoms with Gasteiger partial charge in [-0.1, -0.05) is 12.1 Å². The first-order valence-corrected chi connectivity index (χ1v) is 6.54. The van der Waals surface area contributed by atoms with Gasteiger partial charge in [-0.05, 0) is 24.3 Å². The van der Waals surface area contributed by atoms with Gasteiger partial charge in [-0.2, -0.15) is 26.3 Å². The molecule has 9 heteroatoms. The molecule has 0 unspecified atom stereocenters. The summed E-state index contributed by atoms with van der Waals surface area (Å²) in [5, 5.41) is 9.47. The monoisotopic (exact) mass is 346 g/mol. The molecular weight excluding hydrogens is 338 g/mol. The molecule has 1 heterocycles. The molecule has 0 fully saturated rings. The predicted molar refractivity (Wildman–Crippen MR) is 72.7 cm³/mol. The van der Waals surface area contributed by atoms with Crippen LogP contribution in [0.15, 0.2) is 42.5 Å². The van der Waals surface area contributed by atoms with Gasteiger partial charge in [0.05, 0.1) is 16.8 Å². The van der Waals surface area contributed by atoms with Gasteiger partial charge >= 0.3 is 12.4 Å². The highest BCUT2D eigenvalue weighted by Crippen LogP contribution is 2.39. The lowest BCUT2D eigenvalue weighted by atomic mass is 10.1. The van der Waals surface area contributed by atoms with E-state index >= 15 is 0 Å². The summed E-state index contributed by atoms with van der Waals surface area (Å²) in [6.45, 7) is 0. The van der Waals surface area contributed by atoms with Crippen molar-refractivity contribution in [3.05, 3.63) is 53.9 Å². The average Bonchev–Trinajstić information content (AvgIpc) is 2.85. The Labute approximate surface area is 130 Å². The number of alkyl halides is 6. The molecule has 0 aliphatic carbocycles. The van der Waals surface area contributed by atoms with Crippen LogP contribution in [0.5, 0.6) is 5.75 Å². The van der Waals surface area contributed by atoms with Crippen molar-refractivity contribution in [2.45, 2.75) is 12.4 Å². The van der Waals surface area contributed by atoms with Crippen LogP contribution in [0.25, 0.3) is 16.7 Å². The van der Waals surface area contributed by atoms with E-state index in [1.165, 1.54) is 18.2 Å². The fourth-order valence-electron chi connectivity index (χ4n) is 2.41. The number of rotatable bonds is 1. The first-order chi connectivity index (χ1) is 11.1. The molecule has 0 saturated heterocycles. The van der Waals surface area contributed by atoms with Crippen LogP contribution in [0.2, 0.25) is 0 Å². The lowest BCUT2D eigenvalue weighted by molar-refractivity contribution is -0.146. The van der Waals surface area contributed by atoms with Crippen LogP contribution in [0, 0.1) is 0 Å². The smallest absolute Gasteiger partial charge is 0.450 e. The number of hydrogen-bond acceptors (Lipinski definition) is 2. The number of nitrogens with zero attached hydrogens (tertiary/aromatic N) is 2. The second-order valence-electron chi connectivity index (χ2n) is 4.96. The molecule has 2 aromatic carbocycles. The molecule has 1 aromatic heterocycles. The number of imidazole rings is 1. The van der Waals surface area contributed by atoms with Gasteiger partial charge in [0.25, 0.3) is 0 Å². The molecule has 24 heavy (non-hydrogen) atoms. The number of para-hydroxylation sites is 1. The number of aromatic nitrogens is 2. The zero-order chi connectivity index (χ0) is 17.7. The fraction of sp³-hybridized carbons (Fsp3) is 0.133. The molecular formula is C15H8F6N2O. The van der Waals surface area contributed by atoms with Crippen molar-refractivity contribution in [2.75, 3.05) is 0 Å². The van der Waals surface area contributed by atoms with E-state index in [1.807, 2.05) is 0 Å². The Morgan fingerprint density at radius 1 is 0.875 bits per heavy atom. The molecule has 0 radical (unpaired) electrons. The second kappa shape index (κ2) is 5.15. The SMILES string of the molecule is Oc1cccc(-n2c(C(F)(F)F)nc3c(C(F)(F)F)cccc32)c1. The van der Waals surface area contributed by atoms with Gasteiger partial charge in [-0.3, -0.25) is 4.57 Å². The molecule has 0 amide bonds. The maximum absolute atomic E-state index is 13.3. The molecule has 0 aliphatic rings. The van der Waals surface area contributed by atoms with E-state index in [1.54, 1.807) is 0 Å². The third-order valence-corrected chi connectivity index (χ3v) is 3.33. The number of phenols is 1. The van der Waals surface area contributed by atoms with Crippen molar-refractivity contribution in [1.82, 2.24) is 9.55 Å². The van der Waals surface area contributed by atoms with Crippen LogP contribution in [0.3, 0.4) is 0 Å². The van der Waals surface area contributed by atoms with E-state index in [2.05, 4.69) is 4.98 Å². The standard InChI is InChI=1S/C15H8F6N2O/c16-14(17,18)10-5-2-6-11-12(10)22-13(15(19,20)21)23(11)8-3-1-4-9(24)7-8/h1-7,24H. The summed E-state index contributed by atoms with van der Waals surface area (Å²) in [5.41, 5.74) is -2.57. The maximum atomic E-state index is 13.3. The quantitative estimate of drug-likeness (QED) is 0.645. The summed E-state index contributed by atoms with van der Waals surface area (Å²) < 4.78 is 79.5. The summed E-state index contributed by atoms with van der Waals surface area (Å²) in [7, 11) is 0. The zero-order valence-electron chi connectivity index (χ0n) is 11.7. The molecule has 3 rings (SSSR count). The van der Waals surface area contributed by atoms with E-state index in [4.69, 9.17) is 0 Å². The molecule has 3 aromatic rings. The van der Waals surface area contributed by atoms with E-state index < -0.39 is 29.3 Å². The summed E-state index contributed by atoms with van der Waals surface area (Å²) in [5.74, 6) is -1.82. The molecule has 126 valence electrons. The summed E-state index contributed by atoms with van der Waals surface area (Å²) in [6, 6.07) is 7.54. The topological polar surface area (TPSA) is 38.0 Å². The minimum Gasteiger partial charge on any atom is -0.508 e. The highest BCUT2D eigenvalue weighted by atomic mass is 19.4. The van der Waals surface area contributed by atoms with Crippen molar-refractivity contribution >= 4 is 11.0 Å². The van der Waals surface area contributed by atoms with Crippen molar-refractivity contribution < 1.29 is 31.4 Å². The summed E-state index contributed by atoms with van der Waals surface area (Å²) >= 11 is 0. The number of phenolic OH excluding ortho intramolecular Hbond substituents is 1. The zero-order valence-corrected chi connectivity index (χ0v) is 11.7. The largest absolute Gasteiger partial charge is 0.508 e. The van der Waals surface area contributed by atoms with Crippen LogP contribution >= 0.6 is 0 Å². The van der Waals surface area contributed by atoms with Crippen LogP contribution < -0.4 is 0 Å². The molecule has 0 bridgehead atoms. The Balaban J connectivity index is 2.43. The molecule has 1 N–H and O–H groups in total. The third-order valence-electron chi connectivity index (χ3n) is 3.33. The summed E-state index contributed by atoms with van der Waals surface area (Å²) in [6.07, 6.45) is -9.83. The van der Waals surface area contributed by atoms with Crippen molar-refractivity contribution in [1.29, 1.82) is 0 Å². The Hall–Kier alpha value is -2.71. The molecule has 0 atom stereocenters. The highest BCUT2D eigenvalue weighted by Gasteiger charge is 2.41. The van der Waals surface area contributed by atoms with E-state index in [9.17, 15) is 31.4 Å². The number of halogens is 6. The predicted octanol–water partition coefficient (Wildman–Crippen LogP) is 4.77. The van der Waals surface area contributed by atoms with Crippen molar-refractivity contribution in [3.8, 4) is 11.4 Å². The summed E-state index contributed by atoms with van der Waals surface area (Å²) in [4.78, 5) is 3.19. The van der Waals surface area contributed by atoms with E-state index in [0.29, 0.717) is 10.6 Å². The van der Waals surface area contributed by atoms with Crippen molar-refractivity contribution in [2.24, 2.45) is 0 Å². The molecule has 0 spiro atoms. The van der Waals surface area contributed by atoms with Gasteiger partial charge < -0.3 is 5.11 Å². The highest BCUT2D eigenvalue weighted by molar-refractivity contribution is 5.82. The van der Waals surface area contributed by atoms with E-state index in [0.717, 1.165) is 18.2 Å². The van der Waals surface area contributed by atoms with Gasteiger partial charge in [0.1, 0.15) is 11.3 Å². The molecule has 3 nitrogen and oxygen atoms in total. The third kappa shape index (κ3) is 2.66. The molecule has 0 aliphatic heterocycles. The Morgan fingerprint density at radius 2 is 1.54 bits per heavy atom. The molecule has 0 saturated carbocycles. The van der Waals surface area contributed by atoms with Gasteiger partial charge in [0.15, 0.2) is 0 Å². The van der Waals surface area contributed by atoms with Crippen molar-refractivity contribution in [3.63, 3.8) is 0 Å². The van der Waals surface area contributed by atoms with Gasteiger partial charge in [-0.15, -0.1) is 0 Å². The van der Waals surface area contributed by atoms with Gasteiger partial charge in [-0.25, -0.2) is 4.98 Å². The normalized spacial score (nSPS) is 12.8. The minimum atomic E-state index is -4.98. The van der Waals surface area contributed by atoms with Crippen LogP contribution in [0.4, 0.5) is 26.3 Å². The Morgan fingerprint density at radius 3 is 2.12 bits per heavy atom. The number of aromatic hydroxyl groups is 1. The minimum absolute atomic E-state index is 0.149. The second-order valence-corrected chi connectivity index (χ2v) is 4.96. The van der Waals surface area contributed by atoms with Gasteiger partial charge in [0, 0.05) is 6.07 Å². The first-order valence-electron chi connectivity index (χ1n) is 6.54. The van der Waals surface area contributed by atoms with Gasteiger partial charge in [0.2, 0.25) is 5.82 Å². The number of fused-ring (bicyclic) bond motifs is 1. The average molecular weight is 346 g/mol. The lowest BCUT2D eigenvalue weighted by Gasteiger charge is -2.12.